The van der Waals surface area contributed by atoms with Crippen molar-refractivity contribution in [1.29, 1.82) is 0 Å². The lowest BCUT2D eigenvalue weighted by atomic mass is 10.2. The molecular weight excluding hydrogens is 132 g/mol. The fraction of sp³-hybridized carbons (Fsp3) is 0.714. The van der Waals surface area contributed by atoms with Crippen LogP contribution in [0.4, 0.5) is 0 Å². The van der Waals surface area contributed by atoms with E-state index in [-0.39, 0.29) is 19.1 Å². The maximum Gasteiger partial charge on any atom is 0.0645 e. The normalized spacial score (nSPS) is 10.3. The summed E-state index contributed by atoms with van der Waals surface area (Å²) in [5.41, 5.74) is 0. The number of rotatable bonds is 6. The molecular formula is C7H14O3. The maximum absolute atomic E-state index is 8.56. The van der Waals surface area contributed by atoms with Crippen molar-refractivity contribution in [2.24, 2.45) is 5.92 Å². The predicted molar refractivity (Wildman–Crippen MR) is 38.7 cm³/mol. The van der Waals surface area contributed by atoms with Crippen LogP contribution in [0.3, 0.4) is 0 Å². The zero-order valence-electron chi connectivity index (χ0n) is 5.99. The summed E-state index contributed by atoms with van der Waals surface area (Å²) in [6, 6.07) is 0. The molecule has 0 aliphatic heterocycles. The third kappa shape index (κ3) is 4.49. The Labute approximate surface area is 60.9 Å². The van der Waals surface area contributed by atoms with Crippen LogP contribution >= 0.6 is 0 Å². The molecule has 0 fully saturated rings. The highest BCUT2D eigenvalue weighted by Gasteiger charge is 2.03. The molecule has 0 atom stereocenters. The monoisotopic (exact) mass is 146 g/mol. The third-order valence-corrected chi connectivity index (χ3v) is 1.11. The van der Waals surface area contributed by atoms with Crippen LogP contribution in [-0.4, -0.2) is 36.6 Å². The molecule has 0 aromatic rings. The number of hydrogen-bond donors (Lipinski definition) is 2. The van der Waals surface area contributed by atoms with Crippen LogP contribution in [-0.2, 0) is 4.74 Å². The Morgan fingerprint density at radius 2 is 2.00 bits per heavy atom. The zero-order valence-corrected chi connectivity index (χ0v) is 5.99. The molecule has 0 aliphatic rings. The highest BCUT2D eigenvalue weighted by Crippen LogP contribution is 1.93. The predicted octanol–water partition coefficient (Wildman–Crippen LogP) is -0.210. The summed E-state index contributed by atoms with van der Waals surface area (Å²) in [5.74, 6) is -0.153. The van der Waals surface area contributed by atoms with E-state index in [1.165, 1.54) is 0 Å². The first-order valence-electron chi connectivity index (χ1n) is 3.25. The highest BCUT2D eigenvalue weighted by atomic mass is 16.5. The first kappa shape index (κ1) is 9.62. The van der Waals surface area contributed by atoms with Crippen LogP contribution in [0.2, 0.25) is 0 Å². The number of ether oxygens (including phenoxy) is 1. The summed E-state index contributed by atoms with van der Waals surface area (Å²) in [7, 11) is 0. The Hall–Kier alpha value is -0.380. The van der Waals surface area contributed by atoms with E-state index < -0.39 is 0 Å². The van der Waals surface area contributed by atoms with Crippen LogP contribution in [0.5, 0.6) is 0 Å². The van der Waals surface area contributed by atoms with E-state index in [0.717, 1.165) is 0 Å². The van der Waals surface area contributed by atoms with Gasteiger partial charge in [-0.15, -0.1) is 6.58 Å². The Morgan fingerprint density at radius 1 is 1.40 bits per heavy atom. The molecule has 0 unspecified atom stereocenters. The van der Waals surface area contributed by atoms with Gasteiger partial charge in [-0.25, -0.2) is 0 Å². The van der Waals surface area contributed by atoms with Crippen molar-refractivity contribution in [3.05, 3.63) is 12.7 Å². The van der Waals surface area contributed by atoms with Gasteiger partial charge in [-0.1, -0.05) is 6.08 Å². The largest absolute Gasteiger partial charge is 0.396 e. The quantitative estimate of drug-likeness (QED) is 0.402. The molecule has 0 saturated carbocycles. The molecule has 60 valence electrons. The lowest BCUT2D eigenvalue weighted by Crippen LogP contribution is -2.17. The SMILES string of the molecule is C=CCOCC(CO)CO. The molecule has 0 bridgehead atoms. The minimum Gasteiger partial charge on any atom is -0.396 e. The number of aliphatic hydroxyl groups excluding tert-OH is 2. The standard InChI is InChI=1S/C7H14O3/c1-2-3-10-6-7(4-8)5-9/h2,7-9H,1,3-6H2. The van der Waals surface area contributed by atoms with Crippen LogP contribution in [0.25, 0.3) is 0 Å². The van der Waals surface area contributed by atoms with Gasteiger partial charge >= 0.3 is 0 Å². The van der Waals surface area contributed by atoms with Crippen LogP contribution in [0.15, 0.2) is 12.7 Å². The van der Waals surface area contributed by atoms with Gasteiger partial charge in [0.15, 0.2) is 0 Å². The summed E-state index contributed by atoms with van der Waals surface area (Å²) >= 11 is 0. The van der Waals surface area contributed by atoms with Gasteiger partial charge in [0, 0.05) is 5.92 Å². The highest BCUT2D eigenvalue weighted by molar-refractivity contribution is 4.64. The molecule has 0 aromatic carbocycles. The summed E-state index contributed by atoms with van der Waals surface area (Å²) < 4.78 is 4.99. The molecule has 0 aromatic heterocycles. The van der Waals surface area contributed by atoms with E-state index in [0.29, 0.717) is 13.2 Å². The molecule has 3 nitrogen and oxygen atoms in total. The summed E-state index contributed by atoms with van der Waals surface area (Å²) in [4.78, 5) is 0. The Morgan fingerprint density at radius 3 is 2.40 bits per heavy atom. The van der Waals surface area contributed by atoms with Crippen molar-refractivity contribution in [1.82, 2.24) is 0 Å². The van der Waals surface area contributed by atoms with E-state index in [2.05, 4.69) is 6.58 Å². The van der Waals surface area contributed by atoms with Gasteiger partial charge < -0.3 is 14.9 Å². The number of hydrogen-bond acceptors (Lipinski definition) is 3. The fourth-order valence-corrected chi connectivity index (χ4v) is 0.481. The van der Waals surface area contributed by atoms with Gasteiger partial charge in [-0.05, 0) is 0 Å². The smallest absolute Gasteiger partial charge is 0.0645 e. The first-order valence-corrected chi connectivity index (χ1v) is 3.25. The molecule has 3 heteroatoms. The third-order valence-electron chi connectivity index (χ3n) is 1.11. The van der Waals surface area contributed by atoms with Crippen molar-refractivity contribution >= 4 is 0 Å². The van der Waals surface area contributed by atoms with E-state index in [1.807, 2.05) is 0 Å². The van der Waals surface area contributed by atoms with E-state index in [4.69, 9.17) is 14.9 Å². The second kappa shape index (κ2) is 6.74. The van der Waals surface area contributed by atoms with Crippen molar-refractivity contribution in [2.45, 2.75) is 0 Å². The molecule has 0 heterocycles. The minimum atomic E-state index is -0.153. The summed E-state index contributed by atoms with van der Waals surface area (Å²) in [5, 5.41) is 17.1. The average Bonchev–Trinajstić information content (AvgIpc) is 1.99. The van der Waals surface area contributed by atoms with E-state index in [9.17, 15) is 0 Å². The molecule has 10 heavy (non-hydrogen) atoms. The van der Waals surface area contributed by atoms with Gasteiger partial charge in [-0.3, -0.25) is 0 Å². The van der Waals surface area contributed by atoms with Crippen LogP contribution in [0, 0.1) is 5.92 Å². The molecule has 0 radical (unpaired) electrons. The molecule has 0 rings (SSSR count). The van der Waals surface area contributed by atoms with Gasteiger partial charge in [0.25, 0.3) is 0 Å². The lowest BCUT2D eigenvalue weighted by molar-refractivity contribution is 0.0571. The molecule has 2 N–H and O–H groups in total. The molecule has 0 saturated heterocycles. The second-order valence-corrected chi connectivity index (χ2v) is 2.06. The average molecular weight is 146 g/mol. The van der Waals surface area contributed by atoms with Crippen molar-refractivity contribution in [2.75, 3.05) is 26.4 Å². The van der Waals surface area contributed by atoms with Gasteiger partial charge in [0.1, 0.15) is 0 Å². The van der Waals surface area contributed by atoms with Crippen molar-refractivity contribution < 1.29 is 14.9 Å². The topological polar surface area (TPSA) is 49.7 Å². The molecule has 0 amide bonds. The Balaban J connectivity index is 3.16. The van der Waals surface area contributed by atoms with Crippen LogP contribution in [0.1, 0.15) is 0 Å². The second-order valence-electron chi connectivity index (χ2n) is 2.06. The van der Waals surface area contributed by atoms with E-state index >= 15 is 0 Å². The molecule has 0 spiro atoms. The maximum atomic E-state index is 8.56. The van der Waals surface area contributed by atoms with Crippen molar-refractivity contribution in [3.63, 3.8) is 0 Å². The molecule has 0 aliphatic carbocycles. The fourth-order valence-electron chi connectivity index (χ4n) is 0.481. The van der Waals surface area contributed by atoms with E-state index in [1.54, 1.807) is 6.08 Å². The minimum absolute atomic E-state index is 0.0341. The zero-order chi connectivity index (χ0) is 7.82. The first-order chi connectivity index (χ1) is 4.85. The van der Waals surface area contributed by atoms with Crippen molar-refractivity contribution in [3.8, 4) is 0 Å². The lowest BCUT2D eigenvalue weighted by Gasteiger charge is -2.09. The van der Waals surface area contributed by atoms with Gasteiger partial charge in [0.2, 0.25) is 0 Å². The van der Waals surface area contributed by atoms with Gasteiger partial charge in [-0.2, -0.15) is 0 Å². The Kier molecular flexibility index (Phi) is 6.48. The summed E-state index contributed by atoms with van der Waals surface area (Å²) in [6.45, 7) is 4.25. The van der Waals surface area contributed by atoms with Crippen LogP contribution < -0.4 is 0 Å². The number of aliphatic hydroxyl groups is 2. The Bertz CT molecular complexity index is 78.9. The van der Waals surface area contributed by atoms with Gasteiger partial charge in [0.05, 0.1) is 26.4 Å². The summed E-state index contributed by atoms with van der Waals surface area (Å²) in [6.07, 6.45) is 1.63.